The van der Waals surface area contributed by atoms with E-state index in [9.17, 15) is 4.79 Å². The standard InChI is InChI=1S/C8H7N3O/c12-6-11-9-5-7-3-1-2-4-8(7)10-11/h1-6,10H. The van der Waals surface area contributed by atoms with Gasteiger partial charge in [-0.05, 0) is 6.07 Å². The van der Waals surface area contributed by atoms with Crippen molar-refractivity contribution in [2.75, 3.05) is 5.43 Å². The molecule has 1 aromatic rings. The van der Waals surface area contributed by atoms with Gasteiger partial charge < -0.3 is 0 Å². The van der Waals surface area contributed by atoms with Crippen LogP contribution in [-0.2, 0) is 4.79 Å². The van der Waals surface area contributed by atoms with Gasteiger partial charge in [0.25, 0.3) is 0 Å². The van der Waals surface area contributed by atoms with Crippen molar-refractivity contribution < 1.29 is 4.79 Å². The van der Waals surface area contributed by atoms with Crippen LogP contribution in [0.4, 0.5) is 5.69 Å². The number of nitrogens with zero attached hydrogens (tertiary/aromatic N) is 2. The highest BCUT2D eigenvalue weighted by molar-refractivity contribution is 5.89. The summed E-state index contributed by atoms with van der Waals surface area (Å²) in [6.45, 7) is 0. The molecule has 0 spiro atoms. The van der Waals surface area contributed by atoms with Gasteiger partial charge in [0.2, 0.25) is 6.41 Å². The first kappa shape index (κ1) is 6.84. The number of para-hydroxylation sites is 1. The van der Waals surface area contributed by atoms with E-state index >= 15 is 0 Å². The van der Waals surface area contributed by atoms with E-state index in [1.807, 2.05) is 24.3 Å². The Morgan fingerprint density at radius 2 is 2.25 bits per heavy atom. The second-order valence-electron chi connectivity index (χ2n) is 2.39. The molecular formula is C8H7N3O. The Labute approximate surface area is 69.5 Å². The summed E-state index contributed by atoms with van der Waals surface area (Å²) in [5, 5.41) is 4.95. The fraction of sp³-hybridized carbons (Fsp3) is 0. The molecule has 1 aromatic carbocycles. The highest BCUT2D eigenvalue weighted by Crippen LogP contribution is 2.16. The second kappa shape index (κ2) is 2.65. The lowest BCUT2D eigenvalue weighted by atomic mass is 10.2. The molecule has 0 atom stereocenters. The third-order valence-electron chi connectivity index (χ3n) is 1.62. The van der Waals surface area contributed by atoms with Crippen molar-refractivity contribution in [3.8, 4) is 0 Å². The summed E-state index contributed by atoms with van der Waals surface area (Å²) in [5.74, 6) is 0. The first-order valence-corrected chi connectivity index (χ1v) is 3.54. The second-order valence-corrected chi connectivity index (χ2v) is 2.39. The van der Waals surface area contributed by atoms with E-state index < -0.39 is 0 Å². The molecule has 2 rings (SSSR count). The molecular weight excluding hydrogens is 154 g/mol. The van der Waals surface area contributed by atoms with Crippen LogP contribution in [0.15, 0.2) is 29.4 Å². The summed E-state index contributed by atoms with van der Waals surface area (Å²) in [6, 6.07) is 7.63. The zero-order valence-corrected chi connectivity index (χ0v) is 6.27. The van der Waals surface area contributed by atoms with E-state index in [2.05, 4.69) is 10.5 Å². The summed E-state index contributed by atoms with van der Waals surface area (Å²) in [4.78, 5) is 10.3. The molecule has 0 radical (unpaired) electrons. The largest absolute Gasteiger partial charge is 0.275 e. The zero-order chi connectivity index (χ0) is 8.39. The molecule has 1 amide bonds. The molecule has 0 aromatic heterocycles. The number of hydrazine groups is 1. The van der Waals surface area contributed by atoms with Crippen LogP contribution >= 0.6 is 0 Å². The quantitative estimate of drug-likeness (QED) is 0.620. The van der Waals surface area contributed by atoms with Gasteiger partial charge in [-0.3, -0.25) is 10.2 Å². The van der Waals surface area contributed by atoms with Crippen molar-refractivity contribution in [1.82, 2.24) is 5.12 Å². The molecule has 1 aliphatic rings. The Hall–Kier alpha value is -1.84. The Bertz CT molecular complexity index is 335. The molecule has 0 unspecified atom stereocenters. The maximum atomic E-state index is 10.3. The highest BCUT2D eigenvalue weighted by atomic mass is 16.2. The maximum Gasteiger partial charge on any atom is 0.250 e. The van der Waals surface area contributed by atoms with Gasteiger partial charge in [-0.1, -0.05) is 18.2 Å². The SMILES string of the molecule is O=CN1N=Cc2ccccc2N1. The van der Waals surface area contributed by atoms with Gasteiger partial charge in [-0.2, -0.15) is 5.10 Å². The molecule has 0 fully saturated rings. The predicted octanol–water partition coefficient (Wildman–Crippen LogP) is 0.819. The van der Waals surface area contributed by atoms with Gasteiger partial charge in [-0.15, -0.1) is 5.12 Å². The van der Waals surface area contributed by atoms with Crippen LogP contribution < -0.4 is 5.43 Å². The normalized spacial score (nSPS) is 13.5. The average molecular weight is 161 g/mol. The van der Waals surface area contributed by atoms with E-state index in [0.29, 0.717) is 6.41 Å². The highest BCUT2D eigenvalue weighted by Gasteiger charge is 2.07. The molecule has 4 nitrogen and oxygen atoms in total. The lowest BCUT2D eigenvalue weighted by Gasteiger charge is -2.19. The Morgan fingerprint density at radius 3 is 3.08 bits per heavy atom. The van der Waals surface area contributed by atoms with Crippen LogP contribution in [0.5, 0.6) is 0 Å². The van der Waals surface area contributed by atoms with Crippen LogP contribution in [0, 0.1) is 0 Å². The van der Waals surface area contributed by atoms with Gasteiger partial charge in [0.1, 0.15) is 0 Å². The van der Waals surface area contributed by atoms with E-state index in [0.717, 1.165) is 16.4 Å². The molecule has 1 N–H and O–H groups in total. The number of rotatable bonds is 1. The van der Waals surface area contributed by atoms with Crippen LogP contribution in [0.25, 0.3) is 0 Å². The third-order valence-corrected chi connectivity index (χ3v) is 1.62. The monoisotopic (exact) mass is 161 g/mol. The summed E-state index contributed by atoms with van der Waals surface area (Å²) in [5.41, 5.74) is 4.68. The Morgan fingerprint density at radius 1 is 1.42 bits per heavy atom. The number of carbonyl (C=O) groups excluding carboxylic acids is 1. The van der Waals surface area contributed by atoms with E-state index in [1.54, 1.807) is 6.21 Å². The molecule has 1 heterocycles. The minimum atomic E-state index is 0.617. The topological polar surface area (TPSA) is 44.7 Å². The lowest BCUT2D eigenvalue weighted by molar-refractivity contribution is -0.117. The number of carbonyl (C=O) groups is 1. The fourth-order valence-corrected chi connectivity index (χ4v) is 1.04. The zero-order valence-electron chi connectivity index (χ0n) is 6.27. The smallest absolute Gasteiger partial charge is 0.250 e. The summed E-state index contributed by atoms with van der Waals surface area (Å²) >= 11 is 0. The molecule has 0 aliphatic carbocycles. The van der Waals surface area contributed by atoms with E-state index in [1.165, 1.54) is 0 Å². The van der Waals surface area contributed by atoms with Crippen molar-refractivity contribution in [2.45, 2.75) is 0 Å². The number of anilines is 1. The summed E-state index contributed by atoms with van der Waals surface area (Å²) < 4.78 is 0. The summed E-state index contributed by atoms with van der Waals surface area (Å²) in [7, 11) is 0. The van der Waals surface area contributed by atoms with Gasteiger partial charge in [0.05, 0.1) is 11.9 Å². The van der Waals surface area contributed by atoms with Crippen LogP contribution in [0.2, 0.25) is 0 Å². The Balaban J connectivity index is 2.39. The number of amides is 1. The van der Waals surface area contributed by atoms with E-state index in [4.69, 9.17) is 0 Å². The predicted molar refractivity (Wildman–Crippen MR) is 45.6 cm³/mol. The van der Waals surface area contributed by atoms with Gasteiger partial charge in [0.15, 0.2) is 0 Å². The summed E-state index contributed by atoms with van der Waals surface area (Å²) in [6.07, 6.45) is 2.26. The van der Waals surface area contributed by atoms with Gasteiger partial charge in [-0.25, -0.2) is 0 Å². The molecule has 4 heteroatoms. The number of hydrogen-bond donors (Lipinski definition) is 1. The van der Waals surface area contributed by atoms with Crippen LogP contribution in [0.1, 0.15) is 5.56 Å². The molecule has 60 valence electrons. The minimum absolute atomic E-state index is 0.617. The first-order valence-electron chi connectivity index (χ1n) is 3.54. The van der Waals surface area contributed by atoms with Crippen molar-refractivity contribution in [3.63, 3.8) is 0 Å². The van der Waals surface area contributed by atoms with Crippen molar-refractivity contribution in [3.05, 3.63) is 29.8 Å². The van der Waals surface area contributed by atoms with E-state index in [-0.39, 0.29) is 0 Å². The molecule has 0 saturated heterocycles. The maximum absolute atomic E-state index is 10.3. The third kappa shape index (κ3) is 1.03. The average Bonchev–Trinajstić information content (AvgIpc) is 2.17. The number of hydrogen-bond acceptors (Lipinski definition) is 3. The van der Waals surface area contributed by atoms with Crippen molar-refractivity contribution in [1.29, 1.82) is 0 Å². The minimum Gasteiger partial charge on any atom is -0.275 e. The fourth-order valence-electron chi connectivity index (χ4n) is 1.04. The molecule has 12 heavy (non-hydrogen) atoms. The van der Waals surface area contributed by atoms with Gasteiger partial charge in [0, 0.05) is 5.56 Å². The first-order chi connectivity index (χ1) is 5.90. The molecule has 0 saturated carbocycles. The number of hydrazone groups is 1. The Kier molecular flexibility index (Phi) is 1.51. The lowest BCUT2D eigenvalue weighted by Crippen LogP contribution is -2.26. The van der Waals surface area contributed by atoms with Crippen LogP contribution in [-0.4, -0.2) is 17.7 Å². The van der Waals surface area contributed by atoms with Gasteiger partial charge >= 0.3 is 0 Å². The number of benzene rings is 1. The number of nitrogens with one attached hydrogen (secondary N) is 1. The van der Waals surface area contributed by atoms with Crippen molar-refractivity contribution >= 4 is 18.3 Å². The molecule has 0 bridgehead atoms. The molecule has 1 aliphatic heterocycles. The van der Waals surface area contributed by atoms with Crippen molar-refractivity contribution in [2.24, 2.45) is 5.10 Å². The number of fused-ring (bicyclic) bond motifs is 1. The van der Waals surface area contributed by atoms with Crippen LogP contribution in [0.3, 0.4) is 0 Å².